The minimum absolute atomic E-state index is 0.237. The molecule has 1 atom stereocenters. The molecule has 2 fully saturated rings. The topological polar surface area (TPSA) is 88.2 Å². The Balaban J connectivity index is 2.15. The van der Waals surface area contributed by atoms with Crippen molar-refractivity contribution < 1.29 is 22.7 Å². The average molecular weight is 307 g/mol. The first kappa shape index (κ1) is 15.6. The summed E-state index contributed by atoms with van der Waals surface area (Å²) in [5.41, 5.74) is 0. The molecule has 20 heavy (non-hydrogen) atoms. The van der Waals surface area contributed by atoms with Crippen LogP contribution in [0.25, 0.3) is 0 Å². The second-order valence-corrected chi connectivity index (χ2v) is 6.48. The molecule has 8 nitrogen and oxygen atoms in total. The van der Waals surface area contributed by atoms with Crippen LogP contribution >= 0.6 is 0 Å². The van der Waals surface area contributed by atoms with Gasteiger partial charge in [-0.25, -0.2) is 0 Å². The van der Waals surface area contributed by atoms with E-state index in [1.807, 2.05) is 0 Å². The number of esters is 1. The van der Waals surface area contributed by atoms with E-state index in [0.717, 1.165) is 0 Å². The Morgan fingerprint density at radius 3 is 2.70 bits per heavy atom. The Hall–Kier alpha value is -0.740. The Morgan fingerprint density at radius 1 is 1.35 bits per heavy atom. The highest BCUT2D eigenvalue weighted by Gasteiger charge is 2.41. The highest BCUT2D eigenvalue weighted by Crippen LogP contribution is 2.17. The average Bonchev–Trinajstić information content (AvgIpc) is 2.48. The van der Waals surface area contributed by atoms with Gasteiger partial charge in [0.1, 0.15) is 6.04 Å². The van der Waals surface area contributed by atoms with Crippen molar-refractivity contribution in [1.29, 1.82) is 0 Å². The largest absolute Gasteiger partial charge is 0.465 e. The molecule has 2 aliphatic heterocycles. The molecular weight excluding hydrogens is 286 g/mol. The molecule has 0 aromatic rings. The van der Waals surface area contributed by atoms with Crippen LogP contribution in [-0.2, 0) is 24.5 Å². The number of rotatable bonds is 4. The minimum atomic E-state index is -3.65. The van der Waals surface area contributed by atoms with Crippen LogP contribution in [0.4, 0.5) is 0 Å². The van der Waals surface area contributed by atoms with Crippen molar-refractivity contribution in [3.63, 3.8) is 0 Å². The monoisotopic (exact) mass is 307 g/mol. The maximum absolute atomic E-state index is 12.6. The van der Waals surface area contributed by atoms with Crippen LogP contribution < -0.4 is 5.32 Å². The van der Waals surface area contributed by atoms with Gasteiger partial charge in [0.2, 0.25) is 0 Å². The van der Waals surface area contributed by atoms with Gasteiger partial charge in [0.25, 0.3) is 10.2 Å². The Kier molecular flexibility index (Phi) is 5.33. The van der Waals surface area contributed by atoms with Crippen LogP contribution in [-0.4, -0.2) is 81.6 Å². The summed E-state index contributed by atoms with van der Waals surface area (Å²) in [5, 5.41) is 3.03. The third-order valence-corrected chi connectivity index (χ3v) is 5.39. The molecule has 0 saturated carbocycles. The maximum Gasteiger partial charge on any atom is 0.325 e. The summed E-state index contributed by atoms with van der Waals surface area (Å²) in [7, 11) is -3.65. The van der Waals surface area contributed by atoms with Gasteiger partial charge in [-0.15, -0.1) is 0 Å². The number of hydrogen-bond acceptors (Lipinski definition) is 6. The zero-order chi connectivity index (χ0) is 14.6. The summed E-state index contributed by atoms with van der Waals surface area (Å²) in [4.78, 5) is 11.9. The molecule has 9 heteroatoms. The van der Waals surface area contributed by atoms with Crippen molar-refractivity contribution in [2.75, 3.05) is 52.5 Å². The first-order chi connectivity index (χ1) is 9.57. The third-order valence-electron chi connectivity index (χ3n) is 3.35. The zero-order valence-electron chi connectivity index (χ0n) is 11.6. The summed E-state index contributed by atoms with van der Waals surface area (Å²) in [5.74, 6) is -0.503. The molecule has 0 radical (unpaired) electrons. The Morgan fingerprint density at radius 2 is 2.05 bits per heavy atom. The fourth-order valence-corrected chi connectivity index (χ4v) is 4.04. The Bertz CT molecular complexity index is 435. The van der Waals surface area contributed by atoms with E-state index in [-0.39, 0.29) is 19.7 Å². The van der Waals surface area contributed by atoms with Crippen LogP contribution in [0.15, 0.2) is 0 Å². The van der Waals surface area contributed by atoms with Gasteiger partial charge in [0, 0.05) is 32.7 Å². The van der Waals surface area contributed by atoms with Gasteiger partial charge in [-0.05, 0) is 6.92 Å². The maximum atomic E-state index is 12.6. The highest BCUT2D eigenvalue weighted by atomic mass is 32.2. The van der Waals surface area contributed by atoms with Crippen molar-refractivity contribution in [2.45, 2.75) is 13.0 Å². The molecule has 1 N–H and O–H groups in total. The molecule has 0 aromatic heterocycles. The fourth-order valence-electron chi connectivity index (χ4n) is 2.33. The van der Waals surface area contributed by atoms with Gasteiger partial charge in [0.15, 0.2) is 0 Å². The second kappa shape index (κ2) is 6.81. The van der Waals surface area contributed by atoms with Crippen molar-refractivity contribution in [3.8, 4) is 0 Å². The van der Waals surface area contributed by atoms with E-state index >= 15 is 0 Å². The van der Waals surface area contributed by atoms with Gasteiger partial charge < -0.3 is 14.8 Å². The normalized spacial score (nSPS) is 26.4. The number of hydrogen-bond donors (Lipinski definition) is 1. The summed E-state index contributed by atoms with van der Waals surface area (Å²) < 4.78 is 38.0. The molecule has 0 aliphatic carbocycles. The van der Waals surface area contributed by atoms with Crippen LogP contribution in [0.5, 0.6) is 0 Å². The number of piperazine rings is 1. The van der Waals surface area contributed by atoms with Crippen LogP contribution in [0.2, 0.25) is 0 Å². The summed E-state index contributed by atoms with van der Waals surface area (Å²) in [6.45, 7) is 4.43. The lowest BCUT2D eigenvalue weighted by Gasteiger charge is -2.37. The SMILES string of the molecule is CCOC(=O)C1CNCCN1S(=O)(=O)N1CCOCC1. The molecule has 0 spiro atoms. The number of carbonyl (C=O) groups is 1. The molecule has 0 bridgehead atoms. The lowest BCUT2D eigenvalue weighted by Crippen LogP contribution is -2.61. The van der Waals surface area contributed by atoms with E-state index in [2.05, 4.69) is 5.32 Å². The smallest absolute Gasteiger partial charge is 0.325 e. The standard InChI is InChI=1S/C11H21N3O5S/c1-2-19-11(15)10-9-12-3-4-14(10)20(16,17)13-5-7-18-8-6-13/h10,12H,2-9H2,1H3. The Labute approximate surface area is 119 Å². The summed E-state index contributed by atoms with van der Waals surface area (Å²) >= 11 is 0. The van der Waals surface area contributed by atoms with E-state index in [1.54, 1.807) is 6.92 Å². The van der Waals surface area contributed by atoms with Crippen molar-refractivity contribution in [1.82, 2.24) is 13.9 Å². The number of carbonyl (C=O) groups excluding carboxylic acids is 1. The number of ether oxygens (including phenoxy) is 2. The fraction of sp³-hybridized carbons (Fsp3) is 0.909. The zero-order valence-corrected chi connectivity index (χ0v) is 12.4. The van der Waals surface area contributed by atoms with E-state index in [0.29, 0.717) is 32.8 Å². The van der Waals surface area contributed by atoms with Gasteiger partial charge in [0.05, 0.1) is 19.8 Å². The predicted octanol–water partition coefficient (Wildman–Crippen LogP) is -1.60. The van der Waals surface area contributed by atoms with Crippen molar-refractivity contribution in [2.24, 2.45) is 0 Å². The number of nitrogens with zero attached hydrogens (tertiary/aromatic N) is 2. The van der Waals surface area contributed by atoms with E-state index in [4.69, 9.17) is 9.47 Å². The van der Waals surface area contributed by atoms with E-state index in [9.17, 15) is 13.2 Å². The van der Waals surface area contributed by atoms with Crippen molar-refractivity contribution >= 4 is 16.2 Å². The molecule has 1 unspecified atom stereocenters. The van der Waals surface area contributed by atoms with Crippen LogP contribution in [0.1, 0.15) is 6.92 Å². The van der Waals surface area contributed by atoms with Gasteiger partial charge in [-0.2, -0.15) is 17.0 Å². The lowest BCUT2D eigenvalue weighted by atomic mass is 10.2. The van der Waals surface area contributed by atoms with Crippen molar-refractivity contribution in [3.05, 3.63) is 0 Å². The molecular formula is C11H21N3O5S. The summed E-state index contributed by atoms with van der Waals surface area (Å²) in [6, 6.07) is -0.795. The van der Waals surface area contributed by atoms with Gasteiger partial charge in [-0.1, -0.05) is 0 Å². The molecule has 2 heterocycles. The second-order valence-electron chi connectivity index (χ2n) is 4.60. The van der Waals surface area contributed by atoms with Crippen LogP contribution in [0.3, 0.4) is 0 Å². The van der Waals surface area contributed by atoms with E-state index < -0.39 is 22.2 Å². The predicted molar refractivity (Wildman–Crippen MR) is 71.3 cm³/mol. The molecule has 2 aliphatic rings. The number of nitrogens with one attached hydrogen (secondary N) is 1. The highest BCUT2D eigenvalue weighted by molar-refractivity contribution is 7.86. The first-order valence-electron chi connectivity index (χ1n) is 6.79. The molecule has 0 aromatic carbocycles. The van der Waals surface area contributed by atoms with Gasteiger partial charge >= 0.3 is 5.97 Å². The summed E-state index contributed by atoms with van der Waals surface area (Å²) in [6.07, 6.45) is 0. The molecule has 2 rings (SSSR count). The number of morpholine rings is 1. The third kappa shape index (κ3) is 3.29. The van der Waals surface area contributed by atoms with Gasteiger partial charge in [-0.3, -0.25) is 4.79 Å². The quantitative estimate of drug-likeness (QED) is 0.629. The first-order valence-corrected chi connectivity index (χ1v) is 8.19. The van der Waals surface area contributed by atoms with Crippen LogP contribution in [0, 0.1) is 0 Å². The molecule has 2 saturated heterocycles. The molecule has 116 valence electrons. The lowest BCUT2D eigenvalue weighted by molar-refractivity contribution is -0.148. The van der Waals surface area contributed by atoms with E-state index in [1.165, 1.54) is 8.61 Å². The molecule has 0 amide bonds. The minimum Gasteiger partial charge on any atom is -0.465 e.